The molecule has 3 rings (SSSR count). The van der Waals surface area contributed by atoms with Crippen LogP contribution in [0.2, 0.25) is 0 Å². The largest absolute Gasteiger partial charge is 0.352 e. The highest BCUT2D eigenvalue weighted by molar-refractivity contribution is 5.95. The van der Waals surface area contributed by atoms with Gasteiger partial charge < -0.3 is 5.32 Å². The second kappa shape index (κ2) is 8.53. The maximum atomic E-state index is 13.4. The summed E-state index contributed by atoms with van der Waals surface area (Å²) >= 11 is 0. The Morgan fingerprint density at radius 1 is 1.32 bits per heavy atom. The molecular formula is C19H22F3N5O. The van der Waals surface area contributed by atoms with Gasteiger partial charge in [0.2, 0.25) is 0 Å². The summed E-state index contributed by atoms with van der Waals surface area (Å²) in [5.41, 5.74) is 0.251. The number of rotatable bonds is 6. The van der Waals surface area contributed by atoms with Crippen molar-refractivity contribution in [3.05, 3.63) is 47.8 Å². The van der Waals surface area contributed by atoms with E-state index in [0.29, 0.717) is 12.5 Å². The van der Waals surface area contributed by atoms with Gasteiger partial charge in [0.05, 0.1) is 18.0 Å². The molecule has 2 atom stereocenters. The number of carbonyl (C=O) groups excluding carboxylic acids is 1. The van der Waals surface area contributed by atoms with E-state index in [2.05, 4.69) is 33.9 Å². The lowest BCUT2D eigenvalue weighted by Crippen LogP contribution is -2.32. The number of halogens is 3. The monoisotopic (exact) mass is 393 g/mol. The zero-order valence-corrected chi connectivity index (χ0v) is 15.5. The molecule has 28 heavy (non-hydrogen) atoms. The first-order chi connectivity index (χ1) is 13.4. The summed E-state index contributed by atoms with van der Waals surface area (Å²) in [6, 6.07) is 0. The first kappa shape index (κ1) is 20.0. The molecule has 0 saturated heterocycles. The van der Waals surface area contributed by atoms with E-state index in [1.54, 1.807) is 0 Å². The molecule has 150 valence electrons. The Kier molecular flexibility index (Phi) is 6.11. The summed E-state index contributed by atoms with van der Waals surface area (Å²) in [6.07, 6.45) is 3.82. The number of carbonyl (C=O) groups is 1. The quantitative estimate of drug-likeness (QED) is 0.757. The SMILES string of the molecule is C=C1CC(CC)CC(CNC(=O)c2cn(-c3ncc(F)cn3)nc2C(F)F)C1. The molecule has 0 spiro atoms. The van der Waals surface area contributed by atoms with Crippen LogP contribution in [0.3, 0.4) is 0 Å². The minimum Gasteiger partial charge on any atom is -0.352 e. The first-order valence-electron chi connectivity index (χ1n) is 9.17. The fraction of sp³-hybridized carbons (Fsp3) is 0.474. The maximum Gasteiger partial charge on any atom is 0.282 e. The Bertz CT molecular complexity index is 850. The van der Waals surface area contributed by atoms with Crippen molar-refractivity contribution in [2.75, 3.05) is 6.54 Å². The molecule has 0 aliphatic heterocycles. The average Bonchev–Trinajstić information content (AvgIpc) is 3.12. The van der Waals surface area contributed by atoms with Crippen molar-refractivity contribution in [3.63, 3.8) is 0 Å². The predicted molar refractivity (Wildman–Crippen MR) is 96.7 cm³/mol. The Hall–Kier alpha value is -2.71. The van der Waals surface area contributed by atoms with Crippen molar-refractivity contribution in [2.24, 2.45) is 11.8 Å². The molecule has 1 saturated carbocycles. The summed E-state index contributed by atoms with van der Waals surface area (Å²) < 4.78 is 40.6. The molecule has 1 amide bonds. The van der Waals surface area contributed by atoms with E-state index < -0.39 is 23.8 Å². The lowest BCUT2D eigenvalue weighted by molar-refractivity contribution is 0.0928. The van der Waals surface area contributed by atoms with Crippen molar-refractivity contribution in [3.8, 4) is 5.95 Å². The number of hydrogen-bond donors (Lipinski definition) is 1. The van der Waals surface area contributed by atoms with Crippen LogP contribution in [0.4, 0.5) is 13.2 Å². The second-order valence-corrected chi connectivity index (χ2v) is 7.12. The van der Waals surface area contributed by atoms with Gasteiger partial charge in [0.15, 0.2) is 5.82 Å². The highest BCUT2D eigenvalue weighted by Gasteiger charge is 2.27. The maximum absolute atomic E-state index is 13.4. The topological polar surface area (TPSA) is 72.7 Å². The van der Waals surface area contributed by atoms with Gasteiger partial charge in [-0.1, -0.05) is 25.5 Å². The Morgan fingerprint density at radius 3 is 2.64 bits per heavy atom. The summed E-state index contributed by atoms with van der Waals surface area (Å²) in [7, 11) is 0. The second-order valence-electron chi connectivity index (χ2n) is 7.12. The molecule has 2 aromatic rings. The minimum absolute atomic E-state index is 0.100. The van der Waals surface area contributed by atoms with E-state index in [-0.39, 0.29) is 17.4 Å². The van der Waals surface area contributed by atoms with Crippen molar-refractivity contribution in [1.29, 1.82) is 0 Å². The van der Waals surface area contributed by atoms with E-state index in [1.165, 1.54) is 0 Å². The number of hydrogen-bond acceptors (Lipinski definition) is 4. The number of nitrogens with zero attached hydrogens (tertiary/aromatic N) is 4. The third-order valence-electron chi connectivity index (χ3n) is 4.96. The third-order valence-corrected chi connectivity index (χ3v) is 4.96. The van der Waals surface area contributed by atoms with Gasteiger partial charge in [0.1, 0.15) is 5.69 Å². The number of alkyl halides is 2. The molecule has 0 aromatic carbocycles. The van der Waals surface area contributed by atoms with Gasteiger partial charge in [0.25, 0.3) is 18.3 Å². The van der Waals surface area contributed by atoms with E-state index >= 15 is 0 Å². The van der Waals surface area contributed by atoms with Gasteiger partial charge in [-0.05, 0) is 31.1 Å². The molecule has 1 aliphatic carbocycles. The Morgan fingerprint density at radius 2 is 2.00 bits per heavy atom. The smallest absolute Gasteiger partial charge is 0.282 e. The standard InChI is InChI=1S/C19H22F3N5O/c1-3-12-4-11(2)5-13(6-12)7-23-18(28)15-10-27(26-16(15)17(21)22)19-24-8-14(20)9-25-19/h8-10,12-13,17H,2-7H2,1H3,(H,23,28). The fourth-order valence-electron chi connectivity index (χ4n) is 3.59. The summed E-state index contributed by atoms with van der Waals surface area (Å²) in [6.45, 7) is 6.57. The van der Waals surface area contributed by atoms with Crippen LogP contribution >= 0.6 is 0 Å². The lowest BCUT2D eigenvalue weighted by atomic mass is 9.78. The molecular weight excluding hydrogens is 371 g/mol. The van der Waals surface area contributed by atoms with E-state index in [0.717, 1.165) is 54.5 Å². The van der Waals surface area contributed by atoms with Crippen LogP contribution in [-0.4, -0.2) is 32.2 Å². The van der Waals surface area contributed by atoms with Crippen LogP contribution in [0.5, 0.6) is 0 Å². The molecule has 0 bridgehead atoms. The summed E-state index contributed by atoms with van der Waals surface area (Å²) in [4.78, 5) is 19.9. The number of allylic oxidation sites excluding steroid dienone is 1. The lowest BCUT2D eigenvalue weighted by Gasteiger charge is -2.30. The molecule has 6 nitrogen and oxygen atoms in total. The van der Waals surface area contributed by atoms with Crippen LogP contribution in [0, 0.1) is 17.7 Å². The van der Waals surface area contributed by atoms with Crippen LogP contribution < -0.4 is 5.32 Å². The van der Waals surface area contributed by atoms with Crippen LogP contribution in [0.25, 0.3) is 5.95 Å². The van der Waals surface area contributed by atoms with Crippen molar-refractivity contribution in [2.45, 2.75) is 39.0 Å². The van der Waals surface area contributed by atoms with Crippen LogP contribution in [0.1, 0.15) is 55.1 Å². The van der Waals surface area contributed by atoms with Gasteiger partial charge in [-0.25, -0.2) is 27.8 Å². The summed E-state index contributed by atoms with van der Waals surface area (Å²) in [5, 5.41) is 6.44. The van der Waals surface area contributed by atoms with Gasteiger partial charge >= 0.3 is 0 Å². The highest BCUT2D eigenvalue weighted by atomic mass is 19.3. The average molecular weight is 393 g/mol. The van der Waals surface area contributed by atoms with Gasteiger partial charge in [-0.2, -0.15) is 5.10 Å². The normalized spacial score (nSPS) is 19.8. The number of nitrogens with one attached hydrogen (secondary N) is 1. The van der Waals surface area contributed by atoms with Crippen molar-refractivity contribution >= 4 is 5.91 Å². The molecule has 9 heteroatoms. The third kappa shape index (κ3) is 4.58. The van der Waals surface area contributed by atoms with E-state index in [1.807, 2.05) is 0 Å². The molecule has 0 radical (unpaired) electrons. The van der Waals surface area contributed by atoms with Gasteiger partial charge in [-0.15, -0.1) is 0 Å². The van der Waals surface area contributed by atoms with Crippen LogP contribution in [0.15, 0.2) is 30.7 Å². The molecule has 1 fully saturated rings. The fourth-order valence-corrected chi connectivity index (χ4v) is 3.59. The predicted octanol–water partition coefficient (Wildman–Crippen LogP) is 3.85. The minimum atomic E-state index is -2.94. The van der Waals surface area contributed by atoms with Gasteiger partial charge in [-0.3, -0.25) is 4.79 Å². The Labute approximate surface area is 160 Å². The van der Waals surface area contributed by atoms with Crippen molar-refractivity contribution < 1.29 is 18.0 Å². The summed E-state index contributed by atoms with van der Waals surface area (Å²) in [5.74, 6) is -0.620. The zero-order valence-electron chi connectivity index (χ0n) is 15.5. The molecule has 2 heterocycles. The molecule has 1 aliphatic rings. The first-order valence-corrected chi connectivity index (χ1v) is 9.17. The van der Waals surface area contributed by atoms with E-state index in [9.17, 15) is 18.0 Å². The van der Waals surface area contributed by atoms with Gasteiger partial charge in [0, 0.05) is 12.7 Å². The number of amides is 1. The van der Waals surface area contributed by atoms with Crippen LogP contribution in [-0.2, 0) is 0 Å². The van der Waals surface area contributed by atoms with Crippen molar-refractivity contribution in [1.82, 2.24) is 25.1 Å². The molecule has 2 unspecified atom stereocenters. The van der Waals surface area contributed by atoms with E-state index in [4.69, 9.17) is 0 Å². The Balaban J connectivity index is 1.73. The highest BCUT2D eigenvalue weighted by Crippen LogP contribution is 2.33. The molecule has 1 N–H and O–H groups in total. The zero-order chi connectivity index (χ0) is 20.3. The number of aromatic nitrogens is 4. The molecule has 2 aromatic heterocycles.